The van der Waals surface area contributed by atoms with Gasteiger partial charge < -0.3 is 14.5 Å². The van der Waals surface area contributed by atoms with Crippen LogP contribution in [0.4, 0.5) is 0 Å². The predicted octanol–water partition coefficient (Wildman–Crippen LogP) is 4.71. The molecule has 7 heteroatoms. The highest BCUT2D eigenvalue weighted by atomic mass is 32.1. The first-order valence-corrected chi connectivity index (χ1v) is 10.1. The molecule has 1 N–H and O–H groups in total. The molecule has 0 aliphatic heterocycles. The molecule has 0 unspecified atom stereocenters. The van der Waals surface area contributed by atoms with Gasteiger partial charge in [-0.15, -0.1) is 11.3 Å². The molecular weight excluding hydrogens is 386 g/mol. The number of hydrogen-bond donors (Lipinski definition) is 1. The van der Waals surface area contributed by atoms with E-state index >= 15 is 0 Å². The minimum Gasteiger partial charge on any atom is -0.493 e. The Morgan fingerprint density at radius 3 is 2.76 bits per heavy atom. The van der Waals surface area contributed by atoms with Crippen LogP contribution in [0.25, 0.3) is 21.9 Å². The first-order valence-electron chi connectivity index (χ1n) is 9.27. The Morgan fingerprint density at radius 1 is 1.34 bits per heavy atom. The standard InChI is InChI=1S/C22H23N3O3S/c1-12(2)11-28-18-9-15(6-7-17(18)27-5)8-16(10-23)20-24-21(26)19-13(3)14(4)29-22(19)25-20/h6-9,12H,11H2,1-5H3,(H,24,25,26)/b16-8+. The minimum absolute atomic E-state index is 0.233. The fourth-order valence-electron chi connectivity index (χ4n) is 2.85. The maximum atomic E-state index is 12.5. The van der Waals surface area contributed by atoms with Gasteiger partial charge in [0, 0.05) is 4.88 Å². The maximum absolute atomic E-state index is 12.5. The van der Waals surface area contributed by atoms with E-state index in [9.17, 15) is 10.1 Å². The molecule has 2 aromatic heterocycles. The molecule has 0 atom stereocenters. The van der Waals surface area contributed by atoms with Gasteiger partial charge in [0.25, 0.3) is 5.56 Å². The summed E-state index contributed by atoms with van der Waals surface area (Å²) in [5, 5.41) is 10.3. The van der Waals surface area contributed by atoms with Crippen LogP contribution in [-0.4, -0.2) is 23.7 Å². The number of hydrogen-bond acceptors (Lipinski definition) is 6. The van der Waals surface area contributed by atoms with Crippen molar-refractivity contribution in [3.8, 4) is 17.6 Å². The predicted molar refractivity (Wildman–Crippen MR) is 117 cm³/mol. The molecule has 0 saturated carbocycles. The molecule has 150 valence electrons. The molecule has 2 heterocycles. The summed E-state index contributed by atoms with van der Waals surface area (Å²) in [6.45, 7) is 8.54. The van der Waals surface area contributed by atoms with Gasteiger partial charge in [0.15, 0.2) is 17.3 Å². The number of rotatable bonds is 6. The zero-order chi connectivity index (χ0) is 21.1. The van der Waals surface area contributed by atoms with Crippen LogP contribution >= 0.6 is 11.3 Å². The molecule has 0 spiro atoms. The highest BCUT2D eigenvalue weighted by Crippen LogP contribution is 2.30. The topological polar surface area (TPSA) is 88.0 Å². The zero-order valence-electron chi connectivity index (χ0n) is 17.1. The third-order valence-electron chi connectivity index (χ3n) is 4.49. The molecule has 0 bridgehead atoms. The first-order chi connectivity index (χ1) is 13.8. The third kappa shape index (κ3) is 4.33. The largest absolute Gasteiger partial charge is 0.493 e. The van der Waals surface area contributed by atoms with Gasteiger partial charge in [-0.25, -0.2) is 4.98 Å². The highest BCUT2D eigenvalue weighted by Gasteiger charge is 2.14. The number of nitrogens with one attached hydrogen (secondary N) is 1. The summed E-state index contributed by atoms with van der Waals surface area (Å²) in [7, 11) is 1.59. The number of aryl methyl sites for hydroxylation is 2. The number of allylic oxidation sites excluding steroid dienone is 1. The van der Waals surface area contributed by atoms with E-state index in [0.717, 1.165) is 16.0 Å². The number of aromatic nitrogens is 2. The van der Waals surface area contributed by atoms with Crippen LogP contribution < -0.4 is 15.0 Å². The molecule has 0 aliphatic carbocycles. The van der Waals surface area contributed by atoms with Crippen LogP contribution in [0, 0.1) is 31.1 Å². The van der Waals surface area contributed by atoms with Gasteiger partial charge in [0.2, 0.25) is 0 Å². The fraction of sp³-hybridized carbons (Fsp3) is 0.318. The molecule has 0 radical (unpaired) electrons. The molecular formula is C22H23N3O3S. The lowest BCUT2D eigenvalue weighted by Gasteiger charge is -2.13. The summed E-state index contributed by atoms with van der Waals surface area (Å²) in [6.07, 6.45) is 1.68. The van der Waals surface area contributed by atoms with Gasteiger partial charge in [0.05, 0.1) is 24.7 Å². The van der Waals surface area contributed by atoms with Crippen molar-refractivity contribution >= 4 is 33.2 Å². The number of thiophene rings is 1. The van der Waals surface area contributed by atoms with Crippen molar-refractivity contribution in [3.05, 3.63) is 50.4 Å². The summed E-state index contributed by atoms with van der Waals surface area (Å²) < 4.78 is 11.2. The van der Waals surface area contributed by atoms with Gasteiger partial charge in [-0.05, 0) is 49.1 Å². The molecule has 29 heavy (non-hydrogen) atoms. The number of nitriles is 1. The molecule has 0 fully saturated rings. The second kappa shape index (κ2) is 8.50. The van der Waals surface area contributed by atoms with E-state index in [0.29, 0.717) is 34.2 Å². The second-order valence-electron chi connectivity index (χ2n) is 7.16. The van der Waals surface area contributed by atoms with Gasteiger partial charge in [-0.2, -0.15) is 5.26 Å². The SMILES string of the molecule is COc1ccc(/C=C(\C#N)c2nc3sc(C)c(C)c3c(=O)[nH]2)cc1OCC(C)C. The minimum atomic E-state index is -0.233. The highest BCUT2D eigenvalue weighted by molar-refractivity contribution is 7.18. The Kier molecular flexibility index (Phi) is 6.04. The lowest BCUT2D eigenvalue weighted by molar-refractivity contribution is 0.257. The molecule has 0 saturated heterocycles. The van der Waals surface area contributed by atoms with Crippen molar-refractivity contribution in [2.75, 3.05) is 13.7 Å². The van der Waals surface area contributed by atoms with Crippen molar-refractivity contribution in [1.29, 1.82) is 5.26 Å². The Balaban J connectivity index is 2.04. The monoisotopic (exact) mass is 409 g/mol. The fourth-order valence-corrected chi connectivity index (χ4v) is 3.88. The third-order valence-corrected chi connectivity index (χ3v) is 5.59. The van der Waals surface area contributed by atoms with E-state index in [1.807, 2.05) is 26.0 Å². The van der Waals surface area contributed by atoms with E-state index in [-0.39, 0.29) is 17.0 Å². The summed E-state index contributed by atoms with van der Waals surface area (Å²) in [5.41, 5.74) is 1.72. The first kappa shape index (κ1) is 20.6. The number of fused-ring (bicyclic) bond motifs is 1. The quantitative estimate of drug-likeness (QED) is 0.596. The number of methoxy groups -OCH3 is 1. The lowest BCUT2D eigenvalue weighted by atomic mass is 10.1. The summed E-state index contributed by atoms with van der Waals surface area (Å²) >= 11 is 1.45. The smallest absolute Gasteiger partial charge is 0.260 e. The lowest BCUT2D eigenvalue weighted by Crippen LogP contribution is -2.10. The number of nitrogens with zero attached hydrogens (tertiary/aromatic N) is 2. The van der Waals surface area contributed by atoms with E-state index in [1.54, 1.807) is 19.3 Å². The number of benzene rings is 1. The summed E-state index contributed by atoms with van der Waals surface area (Å²) in [6, 6.07) is 7.57. The van der Waals surface area contributed by atoms with Crippen LogP contribution in [0.5, 0.6) is 11.5 Å². The van der Waals surface area contributed by atoms with Crippen LogP contribution in [0.1, 0.15) is 35.7 Å². The zero-order valence-corrected chi connectivity index (χ0v) is 17.9. The van der Waals surface area contributed by atoms with E-state index in [2.05, 4.69) is 29.9 Å². The maximum Gasteiger partial charge on any atom is 0.260 e. The van der Waals surface area contributed by atoms with Gasteiger partial charge in [-0.3, -0.25) is 4.79 Å². The van der Waals surface area contributed by atoms with Gasteiger partial charge >= 0.3 is 0 Å². The van der Waals surface area contributed by atoms with Crippen molar-refractivity contribution in [2.45, 2.75) is 27.7 Å². The number of H-pyrrole nitrogens is 1. The van der Waals surface area contributed by atoms with Crippen molar-refractivity contribution in [3.63, 3.8) is 0 Å². The van der Waals surface area contributed by atoms with Gasteiger partial charge in [-0.1, -0.05) is 19.9 Å². The Morgan fingerprint density at radius 2 is 2.10 bits per heavy atom. The van der Waals surface area contributed by atoms with Gasteiger partial charge in [0.1, 0.15) is 10.9 Å². The molecule has 1 aromatic carbocycles. The summed E-state index contributed by atoms with van der Waals surface area (Å²) in [5.74, 6) is 1.85. The van der Waals surface area contributed by atoms with E-state index in [1.165, 1.54) is 11.3 Å². The molecule has 6 nitrogen and oxygen atoms in total. The van der Waals surface area contributed by atoms with Crippen LogP contribution in [-0.2, 0) is 0 Å². The normalized spacial score (nSPS) is 11.7. The van der Waals surface area contributed by atoms with Crippen LogP contribution in [0.15, 0.2) is 23.0 Å². The Labute approximate surface area is 173 Å². The Bertz CT molecular complexity index is 1180. The number of ether oxygens (including phenoxy) is 2. The molecule has 0 aliphatic rings. The van der Waals surface area contributed by atoms with Crippen molar-refractivity contribution < 1.29 is 9.47 Å². The Hall–Kier alpha value is -3.11. The average Bonchev–Trinajstić information content (AvgIpc) is 2.98. The van der Waals surface area contributed by atoms with Crippen molar-refractivity contribution in [2.24, 2.45) is 5.92 Å². The van der Waals surface area contributed by atoms with E-state index in [4.69, 9.17) is 9.47 Å². The summed E-state index contributed by atoms with van der Waals surface area (Å²) in [4.78, 5) is 21.5. The van der Waals surface area contributed by atoms with Crippen molar-refractivity contribution in [1.82, 2.24) is 9.97 Å². The van der Waals surface area contributed by atoms with Crippen LogP contribution in [0.2, 0.25) is 0 Å². The second-order valence-corrected chi connectivity index (χ2v) is 8.37. The van der Waals surface area contributed by atoms with E-state index < -0.39 is 0 Å². The number of aromatic amines is 1. The molecule has 0 amide bonds. The molecule has 3 rings (SSSR count). The molecule has 3 aromatic rings. The van der Waals surface area contributed by atoms with Crippen LogP contribution in [0.3, 0.4) is 0 Å². The average molecular weight is 410 g/mol.